The van der Waals surface area contributed by atoms with Crippen molar-refractivity contribution in [3.05, 3.63) is 53.1 Å². The van der Waals surface area contributed by atoms with E-state index in [1.54, 1.807) is 6.07 Å². The summed E-state index contributed by atoms with van der Waals surface area (Å²) < 4.78 is 25.8. The summed E-state index contributed by atoms with van der Waals surface area (Å²) in [4.78, 5) is 22.1. The summed E-state index contributed by atoms with van der Waals surface area (Å²) >= 11 is 12.3. The van der Waals surface area contributed by atoms with Crippen molar-refractivity contribution in [1.29, 1.82) is 0 Å². The molecule has 1 heterocycles. The molecular formula is C15H11Cl2NO5S. The number of benzene rings is 1. The number of nitrogens with zero attached hydrogens (tertiary/aromatic N) is 1. The van der Waals surface area contributed by atoms with Gasteiger partial charge in [-0.2, -0.15) is 0 Å². The third-order valence-electron chi connectivity index (χ3n) is 3.91. The zero-order chi connectivity index (χ0) is 17.7. The maximum Gasteiger partial charge on any atom is 0.312 e. The van der Waals surface area contributed by atoms with Gasteiger partial charge in [-0.3, -0.25) is 9.59 Å². The van der Waals surface area contributed by atoms with E-state index < -0.39 is 39.2 Å². The number of rotatable bonds is 3. The van der Waals surface area contributed by atoms with Gasteiger partial charge in [0.25, 0.3) is 15.9 Å². The number of hydrogen-bond acceptors (Lipinski definition) is 4. The van der Waals surface area contributed by atoms with Crippen molar-refractivity contribution < 1.29 is 23.1 Å². The van der Waals surface area contributed by atoms with Gasteiger partial charge in [-0.25, -0.2) is 12.7 Å². The predicted octanol–water partition coefficient (Wildman–Crippen LogP) is 2.20. The van der Waals surface area contributed by atoms with Gasteiger partial charge >= 0.3 is 5.97 Å². The minimum atomic E-state index is -4.09. The Labute approximate surface area is 148 Å². The molecule has 2 aliphatic rings. The second kappa shape index (κ2) is 5.61. The minimum absolute atomic E-state index is 0.0334. The van der Waals surface area contributed by atoms with E-state index in [-0.39, 0.29) is 15.5 Å². The maximum atomic E-state index is 12.6. The van der Waals surface area contributed by atoms with Gasteiger partial charge in [-0.15, -0.1) is 11.6 Å². The van der Waals surface area contributed by atoms with E-state index in [4.69, 9.17) is 23.2 Å². The molecule has 0 spiro atoms. The van der Waals surface area contributed by atoms with Crippen LogP contribution in [0.3, 0.4) is 0 Å². The number of alkyl halides is 1. The van der Waals surface area contributed by atoms with Crippen LogP contribution in [0.15, 0.2) is 52.4 Å². The summed E-state index contributed by atoms with van der Waals surface area (Å²) in [5.74, 6) is -3.22. The lowest BCUT2D eigenvalue weighted by molar-refractivity contribution is -0.140. The number of halogens is 2. The Kier molecular flexibility index (Phi) is 3.98. The molecule has 2 unspecified atom stereocenters. The molecule has 1 aromatic rings. The van der Waals surface area contributed by atoms with E-state index in [2.05, 4.69) is 0 Å². The van der Waals surface area contributed by atoms with Crippen molar-refractivity contribution in [3.8, 4) is 0 Å². The number of allylic oxidation sites excluding steroid dienone is 2. The van der Waals surface area contributed by atoms with Crippen LogP contribution in [0.25, 0.3) is 0 Å². The molecule has 2 atom stereocenters. The molecule has 0 fully saturated rings. The Balaban J connectivity index is 2.04. The average Bonchev–Trinajstić information content (AvgIpc) is 2.68. The minimum Gasteiger partial charge on any atom is -0.481 e. The molecule has 1 aliphatic carbocycles. The molecule has 1 amide bonds. The molecule has 1 aliphatic heterocycles. The Morgan fingerprint density at radius 3 is 2.62 bits per heavy atom. The molecule has 9 heteroatoms. The van der Waals surface area contributed by atoms with Gasteiger partial charge in [0, 0.05) is 5.03 Å². The largest absolute Gasteiger partial charge is 0.481 e. The highest BCUT2D eigenvalue weighted by molar-refractivity contribution is 7.90. The number of carboxylic acid groups (broad SMARTS) is 1. The molecule has 0 saturated heterocycles. The van der Waals surface area contributed by atoms with Crippen LogP contribution in [0.5, 0.6) is 0 Å². The summed E-state index contributed by atoms with van der Waals surface area (Å²) in [6.45, 7) is -0.540. The van der Waals surface area contributed by atoms with Gasteiger partial charge in [0.2, 0.25) is 0 Å². The SMILES string of the molecule is O=C(O)C1C=CC(Cl)=CC1(Cl)CN1C(=O)c2ccccc2S1(=O)=O. The van der Waals surface area contributed by atoms with Crippen molar-refractivity contribution in [2.75, 3.05) is 6.54 Å². The molecule has 1 N–H and O–H groups in total. The molecule has 0 saturated carbocycles. The number of carbonyl (C=O) groups excluding carboxylic acids is 1. The summed E-state index contributed by atoms with van der Waals surface area (Å²) in [6.07, 6.45) is 3.90. The van der Waals surface area contributed by atoms with E-state index >= 15 is 0 Å². The van der Waals surface area contributed by atoms with Crippen molar-refractivity contribution in [3.63, 3.8) is 0 Å². The fourth-order valence-corrected chi connectivity index (χ4v) is 5.17. The first kappa shape index (κ1) is 17.0. The van der Waals surface area contributed by atoms with Gasteiger partial charge in [0.05, 0.1) is 22.9 Å². The van der Waals surface area contributed by atoms with Crippen LogP contribution in [0.4, 0.5) is 0 Å². The number of fused-ring (bicyclic) bond motifs is 1. The van der Waals surface area contributed by atoms with Crippen LogP contribution in [0, 0.1) is 5.92 Å². The number of carbonyl (C=O) groups is 2. The van der Waals surface area contributed by atoms with Gasteiger partial charge in [-0.1, -0.05) is 29.8 Å². The van der Waals surface area contributed by atoms with Crippen LogP contribution in [-0.4, -0.2) is 41.1 Å². The molecule has 24 heavy (non-hydrogen) atoms. The van der Waals surface area contributed by atoms with E-state index in [9.17, 15) is 23.1 Å². The third kappa shape index (κ3) is 2.53. The maximum absolute atomic E-state index is 12.6. The standard InChI is InChI=1S/C15H11Cl2NO5S/c16-9-5-6-11(14(20)21)15(17,7-9)8-18-13(19)10-3-1-2-4-12(10)24(18,22)23/h1-7,11H,8H2,(H,20,21). The van der Waals surface area contributed by atoms with Crippen molar-refractivity contribution in [2.45, 2.75) is 9.77 Å². The Morgan fingerprint density at radius 2 is 2.00 bits per heavy atom. The van der Waals surface area contributed by atoms with Crippen LogP contribution in [0.1, 0.15) is 10.4 Å². The first-order chi connectivity index (χ1) is 11.2. The molecule has 0 radical (unpaired) electrons. The van der Waals surface area contributed by atoms with E-state index in [1.165, 1.54) is 36.4 Å². The van der Waals surface area contributed by atoms with Crippen molar-refractivity contribution >= 4 is 45.1 Å². The van der Waals surface area contributed by atoms with Crippen molar-refractivity contribution in [1.82, 2.24) is 4.31 Å². The van der Waals surface area contributed by atoms with E-state index in [0.29, 0.717) is 4.31 Å². The molecular weight excluding hydrogens is 377 g/mol. The lowest BCUT2D eigenvalue weighted by Gasteiger charge is -2.33. The first-order valence-electron chi connectivity index (χ1n) is 6.81. The second-order valence-corrected chi connectivity index (χ2v) is 8.41. The van der Waals surface area contributed by atoms with Gasteiger partial charge in [-0.05, 0) is 24.3 Å². The van der Waals surface area contributed by atoms with Crippen LogP contribution >= 0.6 is 23.2 Å². The molecule has 6 nitrogen and oxygen atoms in total. The lowest BCUT2D eigenvalue weighted by Crippen LogP contribution is -2.48. The van der Waals surface area contributed by atoms with Crippen LogP contribution < -0.4 is 0 Å². The molecule has 0 bridgehead atoms. The first-order valence-corrected chi connectivity index (χ1v) is 9.01. The fourth-order valence-electron chi connectivity index (χ4n) is 2.75. The highest BCUT2D eigenvalue weighted by Crippen LogP contribution is 2.39. The smallest absolute Gasteiger partial charge is 0.312 e. The fraction of sp³-hybridized carbons (Fsp3) is 0.200. The average molecular weight is 388 g/mol. The molecule has 1 aromatic carbocycles. The predicted molar refractivity (Wildman–Crippen MR) is 87.5 cm³/mol. The highest BCUT2D eigenvalue weighted by atomic mass is 35.5. The monoisotopic (exact) mass is 387 g/mol. The Morgan fingerprint density at radius 1 is 1.33 bits per heavy atom. The topological polar surface area (TPSA) is 91.8 Å². The number of hydrogen-bond donors (Lipinski definition) is 1. The number of sulfonamides is 1. The van der Waals surface area contributed by atoms with Crippen molar-refractivity contribution in [2.24, 2.45) is 5.92 Å². The quantitative estimate of drug-likeness (QED) is 0.802. The molecule has 126 valence electrons. The highest BCUT2D eigenvalue weighted by Gasteiger charge is 2.49. The zero-order valence-electron chi connectivity index (χ0n) is 12.0. The van der Waals surface area contributed by atoms with Gasteiger partial charge in [0.1, 0.15) is 4.90 Å². The Bertz CT molecular complexity index is 908. The van der Waals surface area contributed by atoms with Gasteiger partial charge < -0.3 is 5.11 Å². The summed E-state index contributed by atoms with van der Waals surface area (Å²) in [5.41, 5.74) is 0.0334. The summed E-state index contributed by atoms with van der Waals surface area (Å²) in [7, 11) is -4.09. The third-order valence-corrected chi connectivity index (χ3v) is 6.39. The number of amides is 1. The Hall–Kier alpha value is -1.83. The second-order valence-electron chi connectivity index (χ2n) is 5.44. The zero-order valence-corrected chi connectivity index (χ0v) is 14.3. The lowest BCUT2D eigenvalue weighted by atomic mass is 9.87. The summed E-state index contributed by atoms with van der Waals surface area (Å²) in [5, 5.41) is 9.51. The number of aliphatic carboxylic acids is 1. The number of carboxylic acids is 1. The van der Waals surface area contributed by atoms with Gasteiger partial charge in [0.15, 0.2) is 0 Å². The molecule has 3 rings (SSSR count). The van der Waals surface area contributed by atoms with E-state index in [1.807, 2.05) is 0 Å². The molecule has 0 aromatic heterocycles. The van der Waals surface area contributed by atoms with Crippen LogP contribution in [0.2, 0.25) is 0 Å². The summed E-state index contributed by atoms with van der Waals surface area (Å²) in [6, 6.07) is 5.77. The van der Waals surface area contributed by atoms with Crippen LogP contribution in [-0.2, 0) is 14.8 Å². The van der Waals surface area contributed by atoms with E-state index in [0.717, 1.165) is 0 Å². The normalized spacial score (nSPS) is 27.8.